The van der Waals surface area contributed by atoms with E-state index in [-0.39, 0.29) is 0 Å². The number of benzene rings is 1. The molecule has 0 atom stereocenters. The molecule has 0 aromatic heterocycles. The molecule has 0 unspecified atom stereocenters. The van der Waals surface area contributed by atoms with Crippen LogP contribution in [0.3, 0.4) is 0 Å². The average molecular weight is 121 g/mol. The summed E-state index contributed by atoms with van der Waals surface area (Å²) in [6, 6.07) is 12.6. The molecule has 0 aliphatic heterocycles. The summed E-state index contributed by atoms with van der Waals surface area (Å²) in [6.45, 7) is 0. The molecular weight excluding hydrogens is 112 g/mol. The molecule has 1 radical (unpaired) electrons. The second-order valence-electron chi connectivity index (χ2n) is 1.70. The molecule has 0 aliphatic rings. The maximum atomic E-state index is 2.22. The summed E-state index contributed by atoms with van der Waals surface area (Å²) in [5.74, 6) is 0. The Bertz CT molecular complexity index is 146. The van der Waals surface area contributed by atoms with Gasteiger partial charge in [-0.3, -0.25) is 0 Å². The monoisotopic (exact) mass is 121 g/mol. The van der Waals surface area contributed by atoms with Gasteiger partial charge in [-0.1, -0.05) is 30.3 Å². The molecule has 0 saturated carbocycles. The second-order valence-corrected chi connectivity index (χ2v) is 2.28. The number of hydrogen-bond donors (Lipinski definition) is 0. The van der Waals surface area contributed by atoms with Crippen LogP contribution < -0.4 is 0 Å². The van der Waals surface area contributed by atoms with Gasteiger partial charge in [-0.15, -0.1) is 0 Å². The highest BCUT2D eigenvalue weighted by atomic mass is 28.1. The third-order valence-corrected chi connectivity index (χ3v) is 1.80. The molecule has 0 heterocycles. The predicted molar refractivity (Wildman–Crippen MR) is 39.8 cm³/mol. The lowest BCUT2D eigenvalue weighted by Crippen LogP contribution is -1.75. The van der Waals surface area contributed by atoms with E-state index >= 15 is 0 Å². The first-order valence-electron chi connectivity index (χ1n) is 2.78. The van der Waals surface area contributed by atoms with Crippen LogP contribution in [-0.4, -0.2) is 10.2 Å². The maximum absolute atomic E-state index is 2.22. The second kappa shape index (κ2) is 2.67. The lowest BCUT2D eigenvalue weighted by atomic mass is 10.2. The molecule has 0 spiro atoms. The molecule has 1 rings (SSSR count). The Kier molecular flexibility index (Phi) is 1.86. The molecule has 1 aromatic carbocycles. The van der Waals surface area contributed by atoms with Crippen LogP contribution in [0.5, 0.6) is 0 Å². The van der Waals surface area contributed by atoms with Gasteiger partial charge in [0.2, 0.25) is 0 Å². The summed E-state index contributed by atoms with van der Waals surface area (Å²) in [4.78, 5) is 0. The Morgan fingerprint density at radius 1 is 1.12 bits per heavy atom. The maximum Gasteiger partial charge on any atom is 0.0126 e. The van der Waals surface area contributed by atoms with E-state index in [4.69, 9.17) is 0 Å². The zero-order chi connectivity index (χ0) is 5.82. The molecule has 0 bridgehead atoms. The van der Waals surface area contributed by atoms with Crippen LogP contribution in [0.1, 0.15) is 5.56 Å². The van der Waals surface area contributed by atoms with Crippen molar-refractivity contribution in [3.63, 3.8) is 0 Å². The van der Waals surface area contributed by atoms with Gasteiger partial charge >= 0.3 is 0 Å². The summed E-state index contributed by atoms with van der Waals surface area (Å²) < 4.78 is 0. The van der Waals surface area contributed by atoms with Gasteiger partial charge in [0, 0.05) is 10.2 Å². The highest BCUT2D eigenvalue weighted by Crippen LogP contribution is 1.96. The van der Waals surface area contributed by atoms with Crippen molar-refractivity contribution in [2.75, 3.05) is 0 Å². The zero-order valence-electron chi connectivity index (χ0n) is 4.96. The van der Waals surface area contributed by atoms with Crippen molar-refractivity contribution in [3.05, 3.63) is 41.9 Å². The van der Waals surface area contributed by atoms with Crippen LogP contribution in [0.15, 0.2) is 30.3 Å². The van der Waals surface area contributed by atoms with Crippen molar-refractivity contribution >= 4 is 10.2 Å². The van der Waals surface area contributed by atoms with Crippen molar-refractivity contribution in [1.29, 1.82) is 0 Å². The first-order valence-corrected chi connectivity index (χ1v) is 3.93. The number of hydrogen-bond acceptors (Lipinski definition) is 0. The van der Waals surface area contributed by atoms with Crippen molar-refractivity contribution in [1.82, 2.24) is 0 Å². The van der Waals surface area contributed by atoms with Gasteiger partial charge in [0.1, 0.15) is 0 Å². The van der Waals surface area contributed by atoms with E-state index in [0.29, 0.717) is 0 Å². The van der Waals surface area contributed by atoms with Gasteiger partial charge < -0.3 is 0 Å². The van der Waals surface area contributed by atoms with Crippen LogP contribution in [0, 0.1) is 6.04 Å². The van der Waals surface area contributed by atoms with Crippen molar-refractivity contribution in [2.45, 2.75) is 0 Å². The quantitative estimate of drug-likeness (QED) is 0.476. The van der Waals surface area contributed by atoms with Gasteiger partial charge in [-0.25, -0.2) is 0 Å². The third kappa shape index (κ3) is 1.20. The van der Waals surface area contributed by atoms with Gasteiger partial charge in [0.25, 0.3) is 0 Å². The van der Waals surface area contributed by atoms with E-state index in [9.17, 15) is 0 Å². The van der Waals surface area contributed by atoms with E-state index in [1.54, 1.807) is 0 Å². The fraction of sp³-hybridized carbons (Fsp3) is 0. The Labute approximate surface area is 53.0 Å². The molecule has 8 heavy (non-hydrogen) atoms. The van der Waals surface area contributed by atoms with Crippen LogP contribution in [0.2, 0.25) is 0 Å². The molecule has 0 N–H and O–H groups in total. The van der Waals surface area contributed by atoms with Crippen LogP contribution in [0.25, 0.3) is 0 Å². The van der Waals surface area contributed by atoms with E-state index < -0.39 is 0 Å². The Morgan fingerprint density at radius 2 is 1.75 bits per heavy atom. The minimum Gasteiger partial charge on any atom is -0.0622 e. The highest BCUT2D eigenvalue weighted by molar-refractivity contribution is 6.16. The first-order chi connectivity index (χ1) is 3.93. The molecule has 0 nitrogen and oxygen atoms in total. The third-order valence-electron chi connectivity index (χ3n) is 1.13. The van der Waals surface area contributed by atoms with Gasteiger partial charge in [-0.2, -0.15) is 0 Å². The van der Waals surface area contributed by atoms with Gasteiger partial charge in [-0.05, 0) is 11.6 Å². The lowest BCUT2D eigenvalue weighted by Gasteiger charge is -1.89. The molecule has 0 amide bonds. The minimum atomic E-state index is 1.15. The largest absolute Gasteiger partial charge is 0.0622 e. The summed E-state index contributed by atoms with van der Waals surface area (Å²) in [5, 5.41) is 0. The summed E-state index contributed by atoms with van der Waals surface area (Å²) in [6.07, 6.45) is 0. The Hall–Kier alpha value is -0.563. The zero-order valence-corrected chi connectivity index (χ0v) is 6.96. The number of rotatable bonds is 1. The molecular formula is C7H9Si. The molecule has 0 saturated heterocycles. The molecule has 1 heteroatoms. The summed E-state index contributed by atoms with van der Waals surface area (Å²) in [5.41, 5.74) is 1.35. The van der Waals surface area contributed by atoms with E-state index in [1.165, 1.54) is 5.56 Å². The van der Waals surface area contributed by atoms with Gasteiger partial charge in [0.15, 0.2) is 0 Å². The van der Waals surface area contributed by atoms with Crippen molar-refractivity contribution in [2.24, 2.45) is 0 Å². The van der Waals surface area contributed by atoms with Crippen LogP contribution >= 0.6 is 0 Å². The smallest absolute Gasteiger partial charge is 0.0126 e. The predicted octanol–water partition coefficient (Wildman–Crippen LogP) is 0.562. The fourth-order valence-electron chi connectivity index (χ4n) is 0.645. The molecule has 0 aliphatic carbocycles. The lowest BCUT2D eigenvalue weighted by molar-refractivity contribution is 1.59. The van der Waals surface area contributed by atoms with E-state index in [1.807, 2.05) is 6.07 Å². The van der Waals surface area contributed by atoms with Crippen molar-refractivity contribution in [3.8, 4) is 0 Å². The van der Waals surface area contributed by atoms with E-state index in [2.05, 4.69) is 30.3 Å². The summed E-state index contributed by atoms with van der Waals surface area (Å²) in [7, 11) is 1.15. The fourth-order valence-corrected chi connectivity index (χ4v) is 1.03. The SMILES string of the molecule is [SiH3][CH]c1ccccc1. The molecule has 0 fully saturated rings. The van der Waals surface area contributed by atoms with Gasteiger partial charge in [0.05, 0.1) is 0 Å². The normalized spacial score (nSPS) is 9.50. The average Bonchev–Trinajstić information content (AvgIpc) is 1.90. The standard InChI is InChI=1S/C7H9Si/c8-6-7-4-2-1-3-5-7/h1-6H,8H3. The van der Waals surface area contributed by atoms with Crippen LogP contribution in [-0.2, 0) is 0 Å². The van der Waals surface area contributed by atoms with E-state index in [0.717, 1.165) is 10.2 Å². The Balaban J connectivity index is 2.83. The molecule has 41 valence electrons. The van der Waals surface area contributed by atoms with Crippen LogP contribution in [0.4, 0.5) is 0 Å². The molecule has 1 aromatic rings. The topological polar surface area (TPSA) is 0 Å². The Morgan fingerprint density at radius 3 is 2.12 bits per heavy atom. The minimum absolute atomic E-state index is 1.15. The summed E-state index contributed by atoms with van der Waals surface area (Å²) >= 11 is 0. The first kappa shape index (κ1) is 5.57. The van der Waals surface area contributed by atoms with Crippen molar-refractivity contribution < 1.29 is 0 Å². The highest BCUT2D eigenvalue weighted by Gasteiger charge is 1.80.